The predicted molar refractivity (Wildman–Crippen MR) is 116 cm³/mol. The normalized spacial score (nSPS) is 10.5. The largest absolute Gasteiger partial charge is 0.496 e. The number of hydrogen-bond donors (Lipinski definition) is 3. The number of hydrogen-bond acceptors (Lipinski definition) is 5. The van der Waals surface area contributed by atoms with Crippen LogP contribution in [0, 0.1) is 6.92 Å². The third kappa shape index (κ3) is 5.22. The lowest BCUT2D eigenvalue weighted by Gasteiger charge is -2.14. The first-order valence-corrected chi connectivity index (χ1v) is 9.37. The fraction of sp³-hybridized carbons (Fsp3) is 0.227. The molecule has 0 radical (unpaired) electrons. The molecule has 0 spiro atoms. The van der Waals surface area contributed by atoms with E-state index in [1.165, 1.54) is 6.33 Å². The maximum absolute atomic E-state index is 12.0. The minimum absolute atomic E-state index is 0.0611. The van der Waals surface area contributed by atoms with E-state index in [2.05, 4.69) is 25.9 Å². The van der Waals surface area contributed by atoms with Crippen molar-refractivity contribution in [2.75, 3.05) is 17.7 Å². The Balaban J connectivity index is 1.82. The molecule has 0 saturated heterocycles. The summed E-state index contributed by atoms with van der Waals surface area (Å²) < 4.78 is 5.42. The van der Waals surface area contributed by atoms with Crippen LogP contribution in [0.4, 0.5) is 22.0 Å². The molecule has 2 amide bonds. The minimum Gasteiger partial charge on any atom is -0.496 e. The molecule has 0 fully saturated rings. The quantitative estimate of drug-likeness (QED) is 0.565. The molecule has 2 aromatic carbocycles. The number of urea groups is 1. The fourth-order valence-corrected chi connectivity index (χ4v) is 2.83. The molecule has 29 heavy (non-hydrogen) atoms. The molecule has 1 aromatic heterocycles. The average Bonchev–Trinajstić information content (AvgIpc) is 2.70. The summed E-state index contributed by atoms with van der Waals surface area (Å²) in [6.07, 6.45) is 1.51. The molecule has 3 N–H and O–H groups in total. The Hall–Kier alpha value is -3.61. The van der Waals surface area contributed by atoms with Crippen molar-refractivity contribution in [3.8, 4) is 17.0 Å². The van der Waals surface area contributed by atoms with Crippen molar-refractivity contribution in [1.29, 1.82) is 0 Å². The molecule has 0 atom stereocenters. The zero-order valence-corrected chi connectivity index (χ0v) is 17.0. The van der Waals surface area contributed by atoms with Crippen molar-refractivity contribution in [2.24, 2.45) is 0 Å². The van der Waals surface area contributed by atoms with Gasteiger partial charge in [0.05, 0.1) is 12.8 Å². The summed E-state index contributed by atoms with van der Waals surface area (Å²) in [4.78, 5) is 20.7. The van der Waals surface area contributed by atoms with Crippen LogP contribution >= 0.6 is 0 Å². The van der Waals surface area contributed by atoms with Gasteiger partial charge in [-0.05, 0) is 50.6 Å². The maximum atomic E-state index is 12.0. The molecule has 0 bridgehead atoms. The number of amides is 2. The number of aryl methyl sites for hydroxylation is 1. The van der Waals surface area contributed by atoms with Gasteiger partial charge in [-0.2, -0.15) is 0 Å². The molecule has 0 aliphatic heterocycles. The van der Waals surface area contributed by atoms with Gasteiger partial charge in [-0.15, -0.1) is 0 Å². The number of nitrogens with one attached hydrogen (secondary N) is 3. The maximum Gasteiger partial charge on any atom is 0.319 e. The van der Waals surface area contributed by atoms with E-state index in [1.807, 2.05) is 69.3 Å². The molecular weight excluding hydrogens is 366 g/mol. The number of carbonyl (C=O) groups is 1. The second-order valence-electron chi connectivity index (χ2n) is 6.90. The van der Waals surface area contributed by atoms with Crippen molar-refractivity contribution >= 4 is 23.2 Å². The van der Waals surface area contributed by atoms with Crippen molar-refractivity contribution in [3.05, 3.63) is 60.4 Å². The highest BCUT2D eigenvalue weighted by molar-refractivity contribution is 5.91. The smallest absolute Gasteiger partial charge is 0.319 e. The number of para-hydroxylation sites is 1. The molecule has 7 nitrogen and oxygen atoms in total. The highest BCUT2D eigenvalue weighted by Crippen LogP contribution is 2.30. The van der Waals surface area contributed by atoms with Gasteiger partial charge < -0.3 is 20.7 Å². The van der Waals surface area contributed by atoms with Gasteiger partial charge in [0.15, 0.2) is 0 Å². The van der Waals surface area contributed by atoms with Crippen molar-refractivity contribution < 1.29 is 9.53 Å². The van der Waals surface area contributed by atoms with Crippen molar-refractivity contribution in [2.45, 2.75) is 26.8 Å². The SMILES string of the molecule is COc1ccccc1-c1cc(Nc2ccc(C)c(NC(=O)NC(C)C)c2)ncn1. The Morgan fingerprint density at radius 2 is 1.86 bits per heavy atom. The lowest BCUT2D eigenvalue weighted by Crippen LogP contribution is -2.34. The Bertz CT molecular complexity index is 1000. The average molecular weight is 391 g/mol. The molecule has 1 heterocycles. The summed E-state index contributed by atoms with van der Waals surface area (Å²) in [6, 6.07) is 15.1. The summed E-state index contributed by atoms with van der Waals surface area (Å²) >= 11 is 0. The van der Waals surface area contributed by atoms with Crippen LogP contribution in [0.3, 0.4) is 0 Å². The second kappa shape index (κ2) is 9.05. The molecule has 0 aliphatic carbocycles. The third-order valence-corrected chi connectivity index (χ3v) is 4.23. The predicted octanol–water partition coefficient (Wildman–Crippen LogP) is 4.73. The van der Waals surface area contributed by atoms with Crippen molar-refractivity contribution in [3.63, 3.8) is 0 Å². The number of carbonyl (C=O) groups excluding carboxylic acids is 1. The van der Waals surface area contributed by atoms with E-state index >= 15 is 0 Å². The Labute approximate surface area is 170 Å². The number of ether oxygens (including phenoxy) is 1. The molecule has 7 heteroatoms. The van der Waals surface area contributed by atoms with Crippen LogP contribution in [0.2, 0.25) is 0 Å². The van der Waals surface area contributed by atoms with Gasteiger partial charge in [-0.3, -0.25) is 0 Å². The van der Waals surface area contributed by atoms with Gasteiger partial charge in [0.25, 0.3) is 0 Å². The lowest BCUT2D eigenvalue weighted by atomic mass is 10.1. The second-order valence-corrected chi connectivity index (χ2v) is 6.90. The highest BCUT2D eigenvalue weighted by atomic mass is 16.5. The Morgan fingerprint density at radius 3 is 2.62 bits per heavy atom. The van der Waals surface area contributed by atoms with Gasteiger partial charge in [-0.25, -0.2) is 14.8 Å². The molecule has 3 rings (SSSR count). The van der Waals surface area contributed by atoms with Crippen LogP contribution in [-0.4, -0.2) is 29.2 Å². The van der Waals surface area contributed by atoms with Gasteiger partial charge in [0, 0.05) is 29.0 Å². The standard InChI is InChI=1S/C22H25N5O2/c1-14(2)25-22(28)27-18-11-16(10-9-15(18)3)26-21-12-19(23-13-24-21)17-7-5-6-8-20(17)29-4/h5-14H,1-4H3,(H,23,24,26)(H2,25,27,28). The zero-order valence-electron chi connectivity index (χ0n) is 17.0. The first-order chi connectivity index (χ1) is 14.0. The molecule has 0 aliphatic rings. The topological polar surface area (TPSA) is 88.2 Å². The monoisotopic (exact) mass is 391 g/mol. The van der Waals surface area contributed by atoms with E-state index in [9.17, 15) is 4.79 Å². The molecular formula is C22H25N5O2. The summed E-state index contributed by atoms with van der Waals surface area (Å²) in [7, 11) is 1.63. The van der Waals surface area contributed by atoms with Crippen LogP contribution < -0.4 is 20.7 Å². The highest BCUT2D eigenvalue weighted by Gasteiger charge is 2.10. The van der Waals surface area contributed by atoms with E-state index in [0.29, 0.717) is 5.82 Å². The summed E-state index contributed by atoms with van der Waals surface area (Å²) in [5.41, 5.74) is 4.14. The van der Waals surface area contributed by atoms with Crippen LogP contribution in [0.5, 0.6) is 5.75 Å². The Morgan fingerprint density at radius 1 is 1.07 bits per heavy atom. The molecule has 150 valence electrons. The van der Waals surface area contributed by atoms with E-state index in [-0.39, 0.29) is 12.1 Å². The van der Waals surface area contributed by atoms with E-state index in [1.54, 1.807) is 7.11 Å². The van der Waals surface area contributed by atoms with Crippen LogP contribution in [0.25, 0.3) is 11.3 Å². The summed E-state index contributed by atoms with van der Waals surface area (Å²) in [5, 5.41) is 8.97. The first kappa shape index (κ1) is 20.1. The van der Waals surface area contributed by atoms with Crippen molar-refractivity contribution in [1.82, 2.24) is 15.3 Å². The minimum atomic E-state index is -0.235. The van der Waals surface area contributed by atoms with E-state index in [0.717, 1.165) is 33.9 Å². The number of methoxy groups -OCH3 is 1. The number of aromatic nitrogens is 2. The number of rotatable bonds is 6. The summed E-state index contributed by atoms with van der Waals surface area (Å²) in [5.74, 6) is 1.39. The van der Waals surface area contributed by atoms with E-state index in [4.69, 9.17) is 4.74 Å². The van der Waals surface area contributed by atoms with Gasteiger partial charge in [0.1, 0.15) is 17.9 Å². The van der Waals surface area contributed by atoms with Crippen LogP contribution in [0.1, 0.15) is 19.4 Å². The molecule has 0 saturated carbocycles. The first-order valence-electron chi connectivity index (χ1n) is 9.37. The van der Waals surface area contributed by atoms with E-state index < -0.39 is 0 Å². The zero-order chi connectivity index (χ0) is 20.8. The fourth-order valence-electron chi connectivity index (χ4n) is 2.83. The lowest BCUT2D eigenvalue weighted by molar-refractivity contribution is 0.250. The van der Waals surface area contributed by atoms with Gasteiger partial charge in [-0.1, -0.05) is 18.2 Å². The van der Waals surface area contributed by atoms with Crippen LogP contribution in [0.15, 0.2) is 54.9 Å². The molecule has 3 aromatic rings. The Kier molecular flexibility index (Phi) is 6.29. The number of nitrogens with zero attached hydrogens (tertiary/aromatic N) is 2. The third-order valence-electron chi connectivity index (χ3n) is 4.23. The van der Waals surface area contributed by atoms with Gasteiger partial charge >= 0.3 is 6.03 Å². The number of anilines is 3. The number of benzene rings is 2. The van der Waals surface area contributed by atoms with Crippen LogP contribution in [-0.2, 0) is 0 Å². The molecule has 0 unspecified atom stereocenters. The van der Waals surface area contributed by atoms with Gasteiger partial charge in [0.2, 0.25) is 0 Å². The summed E-state index contributed by atoms with van der Waals surface area (Å²) in [6.45, 7) is 5.77.